The molecule has 36 heavy (non-hydrogen) atoms. The summed E-state index contributed by atoms with van der Waals surface area (Å²) in [5.74, 6) is 0.672. The quantitative estimate of drug-likeness (QED) is 0.277. The highest BCUT2D eigenvalue weighted by atomic mass is 32.2. The molecule has 190 valence electrons. The van der Waals surface area contributed by atoms with Crippen LogP contribution in [0.4, 0.5) is 10.8 Å². The van der Waals surface area contributed by atoms with Gasteiger partial charge in [0.1, 0.15) is 15.2 Å². The minimum absolute atomic E-state index is 0.672. The molecule has 0 amide bonds. The van der Waals surface area contributed by atoms with Crippen molar-refractivity contribution >= 4 is 44.4 Å². The third kappa shape index (κ3) is 5.01. The molecule has 0 aliphatic carbocycles. The van der Waals surface area contributed by atoms with E-state index in [9.17, 15) is 4.21 Å². The molecule has 1 unspecified atom stereocenters. The molecule has 11 heteroatoms. The molecule has 9 nitrogen and oxygen atoms in total. The van der Waals surface area contributed by atoms with Crippen LogP contribution in [0.5, 0.6) is 0 Å². The standard InChI is InChI=1S/C25H32N8OS2/c1-4-9-32(10-5-2)36(34)25-17(3)11-22(35-25)31-23-24-27-15-21(19-13-28-29-14-19)33(24)16-20(30-23)18-7-6-8-26-12-18/h7,11,13-16,26H,4-6,8-10,12H2,1-3H3,(H,28,29)(H,30,31). The van der Waals surface area contributed by atoms with Crippen LogP contribution in [0.1, 0.15) is 44.4 Å². The zero-order valence-corrected chi connectivity index (χ0v) is 22.5. The van der Waals surface area contributed by atoms with Gasteiger partial charge in [0.05, 0.1) is 28.8 Å². The normalized spacial score (nSPS) is 14.9. The lowest BCUT2D eigenvalue weighted by atomic mass is 10.1. The average Bonchev–Trinajstić information content (AvgIpc) is 3.64. The van der Waals surface area contributed by atoms with E-state index in [1.807, 2.05) is 25.5 Å². The van der Waals surface area contributed by atoms with Gasteiger partial charge in [0, 0.05) is 37.6 Å². The zero-order chi connectivity index (χ0) is 25.1. The van der Waals surface area contributed by atoms with Gasteiger partial charge < -0.3 is 10.6 Å². The summed E-state index contributed by atoms with van der Waals surface area (Å²) >= 11 is 1.53. The molecule has 5 heterocycles. The molecule has 0 aromatic carbocycles. The summed E-state index contributed by atoms with van der Waals surface area (Å²) in [4.78, 5) is 9.68. The number of aromatic nitrogens is 5. The maximum absolute atomic E-state index is 13.4. The highest BCUT2D eigenvalue weighted by molar-refractivity contribution is 7.85. The third-order valence-corrected chi connectivity index (χ3v) is 9.19. The van der Waals surface area contributed by atoms with E-state index in [0.29, 0.717) is 5.82 Å². The molecule has 0 bridgehead atoms. The first-order chi connectivity index (χ1) is 17.6. The largest absolute Gasteiger partial charge is 0.329 e. The molecule has 0 saturated heterocycles. The lowest BCUT2D eigenvalue weighted by molar-refractivity contribution is 0.443. The van der Waals surface area contributed by atoms with Crippen LogP contribution < -0.4 is 10.6 Å². The lowest BCUT2D eigenvalue weighted by Crippen LogP contribution is -2.27. The van der Waals surface area contributed by atoms with Crippen molar-refractivity contribution in [3.63, 3.8) is 0 Å². The number of hydrogen-bond donors (Lipinski definition) is 3. The summed E-state index contributed by atoms with van der Waals surface area (Å²) in [5, 5.41) is 14.8. The van der Waals surface area contributed by atoms with Gasteiger partial charge in [-0.1, -0.05) is 19.9 Å². The van der Waals surface area contributed by atoms with Crippen molar-refractivity contribution < 1.29 is 4.21 Å². The van der Waals surface area contributed by atoms with Crippen LogP contribution in [-0.4, -0.2) is 59.3 Å². The van der Waals surface area contributed by atoms with E-state index in [0.717, 1.165) is 88.4 Å². The number of nitrogens with one attached hydrogen (secondary N) is 3. The number of fused-ring (bicyclic) bond motifs is 1. The zero-order valence-electron chi connectivity index (χ0n) is 20.9. The van der Waals surface area contributed by atoms with Crippen LogP contribution in [0.3, 0.4) is 0 Å². The van der Waals surface area contributed by atoms with Gasteiger partial charge in [0.2, 0.25) is 0 Å². The number of aryl methyl sites for hydroxylation is 1. The molecule has 0 saturated carbocycles. The summed E-state index contributed by atoms with van der Waals surface area (Å²) in [7, 11) is -1.18. The monoisotopic (exact) mass is 524 g/mol. The van der Waals surface area contributed by atoms with Gasteiger partial charge in [-0.2, -0.15) is 5.10 Å². The summed E-state index contributed by atoms with van der Waals surface area (Å²) in [6.07, 6.45) is 12.7. The number of aromatic amines is 1. The maximum Gasteiger partial charge on any atom is 0.181 e. The predicted molar refractivity (Wildman–Crippen MR) is 147 cm³/mol. The SMILES string of the molecule is CCCN(CCC)S(=O)c1sc(Nc2nc(C3=CCCNC3)cn3c(-c4cn[nH]c4)cnc23)cc1C. The van der Waals surface area contributed by atoms with E-state index in [4.69, 9.17) is 9.97 Å². The topological polar surface area (TPSA) is 103 Å². The third-order valence-electron chi connectivity index (χ3n) is 6.10. The van der Waals surface area contributed by atoms with Crippen molar-refractivity contribution in [2.24, 2.45) is 0 Å². The van der Waals surface area contributed by atoms with Gasteiger partial charge in [-0.15, -0.1) is 11.3 Å². The average molecular weight is 525 g/mol. The molecule has 4 aromatic rings. The molecular formula is C25H32N8OS2. The van der Waals surface area contributed by atoms with E-state index in [1.165, 1.54) is 11.3 Å². The van der Waals surface area contributed by atoms with Crippen LogP contribution in [0.2, 0.25) is 0 Å². The van der Waals surface area contributed by atoms with Crippen molar-refractivity contribution in [1.82, 2.24) is 34.2 Å². The highest BCUT2D eigenvalue weighted by Crippen LogP contribution is 2.34. The Morgan fingerprint density at radius 2 is 2.08 bits per heavy atom. The number of thiophene rings is 1. The van der Waals surface area contributed by atoms with Gasteiger partial charge in [0.25, 0.3) is 0 Å². The van der Waals surface area contributed by atoms with E-state index < -0.39 is 11.0 Å². The first-order valence-electron chi connectivity index (χ1n) is 12.4. The first kappa shape index (κ1) is 24.8. The fourth-order valence-electron chi connectivity index (χ4n) is 4.38. The minimum atomic E-state index is -1.18. The lowest BCUT2D eigenvalue weighted by Gasteiger charge is -2.19. The minimum Gasteiger partial charge on any atom is -0.329 e. The summed E-state index contributed by atoms with van der Waals surface area (Å²) in [5.41, 5.74) is 5.70. The van der Waals surface area contributed by atoms with Crippen LogP contribution in [0, 0.1) is 6.92 Å². The van der Waals surface area contributed by atoms with Gasteiger partial charge in [-0.05, 0) is 49.9 Å². The Hall–Kier alpha value is -2.86. The van der Waals surface area contributed by atoms with Crippen LogP contribution in [0.25, 0.3) is 22.5 Å². The summed E-state index contributed by atoms with van der Waals surface area (Å²) in [6.45, 7) is 9.66. The van der Waals surface area contributed by atoms with E-state index >= 15 is 0 Å². The molecule has 4 aromatic heterocycles. The Morgan fingerprint density at radius 3 is 2.78 bits per heavy atom. The van der Waals surface area contributed by atoms with E-state index in [1.54, 1.807) is 6.20 Å². The Bertz CT molecular complexity index is 1380. The fourth-order valence-corrected chi connectivity index (χ4v) is 7.32. The molecule has 3 N–H and O–H groups in total. The number of H-pyrrole nitrogens is 1. The molecule has 1 aliphatic heterocycles. The molecule has 0 radical (unpaired) electrons. The summed E-state index contributed by atoms with van der Waals surface area (Å²) < 4.78 is 18.4. The molecule has 0 spiro atoms. The van der Waals surface area contributed by atoms with Crippen molar-refractivity contribution in [1.29, 1.82) is 0 Å². The second-order valence-corrected chi connectivity index (χ2v) is 11.6. The number of anilines is 2. The number of nitrogens with zero attached hydrogens (tertiary/aromatic N) is 5. The Kier molecular flexibility index (Phi) is 7.61. The Labute approximate surface area is 217 Å². The fraction of sp³-hybridized carbons (Fsp3) is 0.400. The summed E-state index contributed by atoms with van der Waals surface area (Å²) in [6, 6.07) is 2.06. The van der Waals surface area contributed by atoms with Gasteiger partial charge in [-0.3, -0.25) is 9.50 Å². The van der Waals surface area contributed by atoms with Crippen molar-refractivity contribution in [2.45, 2.75) is 44.2 Å². The second-order valence-electron chi connectivity index (χ2n) is 8.88. The molecule has 5 rings (SSSR count). The van der Waals surface area contributed by atoms with Crippen molar-refractivity contribution in [2.75, 3.05) is 31.5 Å². The van der Waals surface area contributed by atoms with Gasteiger partial charge in [0.15, 0.2) is 11.5 Å². The Morgan fingerprint density at radius 1 is 1.25 bits per heavy atom. The molecule has 1 aliphatic rings. The molecular weight excluding hydrogens is 492 g/mol. The van der Waals surface area contributed by atoms with Gasteiger partial charge >= 0.3 is 0 Å². The second kappa shape index (κ2) is 11.0. The molecule has 1 atom stereocenters. The highest BCUT2D eigenvalue weighted by Gasteiger charge is 2.21. The molecule has 0 fully saturated rings. The van der Waals surface area contributed by atoms with E-state index in [-0.39, 0.29) is 0 Å². The van der Waals surface area contributed by atoms with Crippen LogP contribution >= 0.6 is 11.3 Å². The predicted octanol–water partition coefficient (Wildman–Crippen LogP) is 4.75. The first-order valence-corrected chi connectivity index (χ1v) is 14.3. The van der Waals surface area contributed by atoms with Crippen molar-refractivity contribution in [3.8, 4) is 11.3 Å². The number of hydrogen-bond acceptors (Lipinski definition) is 7. The maximum atomic E-state index is 13.4. The van der Waals surface area contributed by atoms with Crippen LogP contribution in [0.15, 0.2) is 41.1 Å². The van der Waals surface area contributed by atoms with E-state index in [2.05, 4.69) is 55.5 Å². The van der Waals surface area contributed by atoms with Crippen molar-refractivity contribution in [3.05, 3.63) is 48.2 Å². The number of imidazole rings is 1. The number of rotatable bonds is 10. The van der Waals surface area contributed by atoms with Gasteiger partial charge in [-0.25, -0.2) is 18.5 Å². The Balaban J connectivity index is 1.53. The van der Waals surface area contributed by atoms with Crippen LogP contribution in [-0.2, 0) is 11.0 Å². The smallest absolute Gasteiger partial charge is 0.181 e.